The first-order chi connectivity index (χ1) is 11.8. The summed E-state index contributed by atoms with van der Waals surface area (Å²) in [6.45, 7) is 6.64. The molecule has 0 aliphatic heterocycles. The number of nitrogens with one attached hydrogen (secondary N) is 2. The van der Waals surface area contributed by atoms with Crippen LogP contribution in [0.2, 0.25) is 0 Å². The van der Waals surface area contributed by atoms with Crippen LogP contribution in [0.15, 0.2) is 33.7 Å². The van der Waals surface area contributed by atoms with Crippen LogP contribution in [0, 0.1) is 0 Å². The number of halogens is 1. The van der Waals surface area contributed by atoms with Crippen molar-refractivity contribution in [3.63, 3.8) is 0 Å². The van der Waals surface area contributed by atoms with Crippen LogP contribution in [0.3, 0.4) is 0 Å². The zero-order chi connectivity index (χ0) is 17.5. The van der Waals surface area contributed by atoms with E-state index in [4.69, 9.17) is 9.47 Å². The second-order valence-corrected chi connectivity index (χ2v) is 6.30. The highest BCUT2D eigenvalue weighted by molar-refractivity contribution is 9.10. The lowest BCUT2D eigenvalue weighted by atomic mass is 10.1. The lowest BCUT2D eigenvalue weighted by Crippen LogP contribution is -2.38. The molecule has 0 saturated carbocycles. The number of aryl methyl sites for hydroxylation is 1. The van der Waals surface area contributed by atoms with Crippen molar-refractivity contribution in [2.24, 2.45) is 4.99 Å². The molecule has 24 heavy (non-hydrogen) atoms. The Kier molecular flexibility index (Phi) is 12.4. The fourth-order valence-electron chi connectivity index (χ4n) is 2.13. The zero-order valence-corrected chi connectivity index (χ0v) is 16.4. The Morgan fingerprint density at radius 2 is 2.04 bits per heavy atom. The third-order valence-electron chi connectivity index (χ3n) is 3.32. The Morgan fingerprint density at radius 3 is 2.79 bits per heavy atom. The van der Waals surface area contributed by atoms with Crippen molar-refractivity contribution in [2.45, 2.75) is 26.2 Å². The monoisotopic (exact) mass is 399 g/mol. The Morgan fingerprint density at radius 1 is 1.17 bits per heavy atom. The molecule has 0 heterocycles. The Labute approximate surface area is 154 Å². The average molecular weight is 400 g/mol. The summed E-state index contributed by atoms with van der Waals surface area (Å²) >= 11 is 3.51. The number of methoxy groups -OCH3 is 1. The summed E-state index contributed by atoms with van der Waals surface area (Å²) in [5.41, 5.74) is 1.34. The van der Waals surface area contributed by atoms with Crippen molar-refractivity contribution in [1.82, 2.24) is 10.6 Å². The molecule has 1 rings (SSSR count). The zero-order valence-electron chi connectivity index (χ0n) is 14.8. The van der Waals surface area contributed by atoms with Crippen molar-refractivity contribution in [3.8, 4) is 0 Å². The van der Waals surface area contributed by atoms with E-state index in [1.54, 1.807) is 7.11 Å². The lowest BCUT2D eigenvalue weighted by Gasteiger charge is -2.11. The number of hydrogen-bond acceptors (Lipinski definition) is 3. The average Bonchev–Trinajstić information content (AvgIpc) is 2.58. The van der Waals surface area contributed by atoms with Crippen LogP contribution >= 0.6 is 15.9 Å². The maximum absolute atomic E-state index is 5.44. The van der Waals surface area contributed by atoms with Gasteiger partial charge < -0.3 is 20.1 Å². The van der Waals surface area contributed by atoms with Crippen LogP contribution in [0.4, 0.5) is 0 Å². The fourth-order valence-corrected chi connectivity index (χ4v) is 2.58. The predicted octanol–water partition coefficient (Wildman–Crippen LogP) is 2.99. The first-order valence-corrected chi connectivity index (χ1v) is 9.39. The van der Waals surface area contributed by atoms with E-state index in [9.17, 15) is 0 Å². The van der Waals surface area contributed by atoms with Gasteiger partial charge in [0.05, 0.1) is 13.2 Å². The van der Waals surface area contributed by atoms with Gasteiger partial charge in [0.15, 0.2) is 5.96 Å². The smallest absolute Gasteiger partial charge is 0.191 e. The van der Waals surface area contributed by atoms with Crippen molar-refractivity contribution < 1.29 is 9.47 Å². The molecular weight excluding hydrogens is 370 g/mol. The van der Waals surface area contributed by atoms with E-state index < -0.39 is 0 Å². The second kappa shape index (κ2) is 14.3. The maximum Gasteiger partial charge on any atom is 0.191 e. The van der Waals surface area contributed by atoms with Crippen LogP contribution < -0.4 is 10.6 Å². The van der Waals surface area contributed by atoms with E-state index in [1.807, 2.05) is 6.07 Å². The van der Waals surface area contributed by atoms with E-state index in [-0.39, 0.29) is 0 Å². The van der Waals surface area contributed by atoms with Crippen LogP contribution in [0.1, 0.15) is 25.3 Å². The summed E-state index contributed by atoms with van der Waals surface area (Å²) in [5.74, 6) is 0.878. The molecule has 6 heteroatoms. The molecule has 1 aromatic rings. The van der Waals surface area contributed by atoms with Gasteiger partial charge in [-0.15, -0.1) is 0 Å². The Bertz CT molecular complexity index is 469. The Balaban J connectivity index is 2.19. The molecule has 1 aromatic carbocycles. The quantitative estimate of drug-likeness (QED) is 0.322. The van der Waals surface area contributed by atoms with Gasteiger partial charge in [-0.3, -0.25) is 4.99 Å². The highest BCUT2D eigenvalue weighted by atomic mass is 79.9. The molecule has 0 aromatic heterocycles. The van der Waals surface area contributed by atoms with E-state index >= 15 is 0 Å². The highest BCUT2D eigenvalue weighted by Crippen LogP contribution is 2.12. The van der Waals surface area contributed by atoms with Gasteiger partial charge in [0.25, 0.3) is 0 Å². The molecule has 0 unspecified atom stereocenters. The van der Waals surface area contributed by atoms with Gasteiger partial charge in [-0.05, 0) is 43.9 Å². The molecule has 2 N–H and O–H groups in total. The van der Waals surface area contributed by atoms with Crippen LogP contribution in [-0.2, 0) is 15.9 Å². The number of hydrogen-bond donors (Lipinski definition) is 2. The lowest BCUT2D eigenvalue weighted by molar-refractivity contribution is 0.0698. The van der Waals surface area contributed by atoms with Gasteiger partial charge in [-0.25, -0.2) is 0 Å². The molecule has 0 radical (unpaired) electrons. The standard InChI is InChI=1S/C18H30BrN3O2/c1-3-20-18(22-11-6-12-24-14-13-23-2)21-10-5-8-16-7-4-9-17(19)15-16/h4,7,9,15H,3,5-6,8,10-14H2,1-2H3,(H2,20,21,22). The summed E-state index contributed by atoms with van der Waals surface area (Å²) in [7, 11) is 1.68. The van der Waals surface area contributed by atoms with Crippen LogP contribution in [0.25, 0.3) is 0 Å². The van der Waals surface area contributed by atoms with Crippen LogP contribution in [-0.4, -0.2) is 52.5 Å². The fraction of sp³-hybridized carbons (Fsp3) is 0.611. The first-order valence-electron chi connectivity index (χ1n) is 8.59. The Hall–Kier alpha value is -1.11. The summed E-state index contributed by atoms with van der Waals surface area (Å²) in [5, 5.41) is 6.61. The number of ether oxygens (including phenoxy) is 2. The van der Waals surface area contributed by atoms with E-state index in [1.165, 1.54) is 5.56 Å². The first kappa shape index (κ1) is 20.9. The maximum atomic E-state index is 5.44. The predicted molar refractivity (Wildman–Crippen MR) is 104 cm³/mol. The topological polar surface area (TPSA) is 54.9 Å². The summed E-state index contributed by atoms with van der Waals surface area (Å²) < 4.78 is 11.5. The minimum Gasteiger partial charge on any atom is -0.382 e. The molecular formula is C18H30BrN3O2. The number of guanidine groups is 1. The van der Waals surface area contributed by atoms with E-state index in [0.717, 1.165) is 55.9 Å². The SMILES string of the molecule is CCNC(=NCCCc1cccc(Br)c1)NCCCOCCOC. The molecule has 0 saturated heterocycles. The minimum absolute atomic E-state index is 0.648. The summed E-state index contributed by atoms with van der Waals surface area (Å²) in [6.07, 6.45) is 3.02. The van der Waals surface area contributed by atoms with Crippen LogP contribution in [0.5, 0.6) is 0 Å². The van der Waals surface area contributed by atoms with Gasteiger partial charge in [0, 0.05) is 37.8 Å². The van der Waals surface area contributed by atoms with Crippen molar-refractivity contribution in [1.29, 1.82) is 0 Å². The van der Waals surface area contributed by atoms with Crippen molar-refractivity contribution >= 4 is 21.9 Å². The van der Waals surface area contributed by atoms with Crippen molar-refractivity contribution in [2.75, 3.05) is 46.6 Å². The minimum atomic E-state index is 0.648. The molecule has 0 aliphatic rings. The number of nitrogens with zero attached hydrogens (tertiary/aromatic N) is 1. The molecule has 0 aliphatic carbocycles. The normalized spacial score (nSPS) is 11.5. The molecule has 5 nitrogen and oxygen atoms in total. The van der Waals surface area contributed by atoms with Gasteiger partial charge in [-0.2, -0.15) is 0 Å². The highest BCUT2D eigenvalue weighted by Gasteiger charge is 1.98. The van der Waals surface area contributed by atoms with Gasteiger partial charge in [-0.1, -0.05) is 28.1 Å². The third kappa shape index (κ3) is 10.6. The van der Waals surface area contributed by atoms with Gasteiger partial charge in [0.1, 0.15) is 0 Å². The number of benzene rings is 1. The third-order valence-corrected chi connectivity index (χ3v) is 3.81. The largest absolute Gasteiger partial charge is 0.382 e. The molecule has 0 fully saturated rings. The number of rotatable bonds is 12. The summed E-state index contributed by atoms with van der Waals surface area (Å²) in [6, 6.07) is 8.44. The van der Waals surface area contributed by atoms with Gasteiger partial charge >= 0.3 is 0 Å². The number of aliphatic imine (C=N–C) groups is 1. The summed E-state index contributed by atoms with van der Waals surface area (Å²) in [4.78, 5) is 4.62. The van der Waals surface area contributed by atoms with E-state index in [2.05, 4.69) is 56.7 Å². The molecule has 0 atom stereocenters. The molecule has 0 amide bonds. The van der Waals surface area contributed by atoms with E-state index in [0.29, 0.717) is 13.2 Å². The van der Waals surface area contributed by atoms with Gasteiger partial charge in [0.2, 0.25) is 0 Å². The van der Waals surface area contributed by atoms with Crippen molar-refractivity contribution in [3.05, 3.63) is 34.3 Å². The molecule has 0 bridgehead atoms. The molecule has 0 spiro atoms. The second-order valence-electron chi connectivity index (χ2n) is 5.38. The molecule has 136 valence electrons.